The normalized spacial score (nSPS) is 10.6. The summed E-state index contributed by atoms with van der Waals surface area (Å²) in [7, 11) is 0. The molecule has 0 aliphatic carbocycles. The number of nitrogens with zero attached hydrogens (tertiary/aromatic N) is 4. The molecular formula is C12H6N4S2. The van der Waals surface area contributed by atoms with Crippen molar-refractivity contribution in [2.24, 2.45) is 0 Å². The Labute approximate surface area is 111 Å². The fourth-order valence-electron chi connectivity index (χ4n) is 1.73. The molecule has 86 valence electrons. The van der Waals surface area contributed by atoms with Crippen molar-refractivity contribution in [2.45, 2.75) is 12.8 Å². The first-order valence-corrected chi connectivity index (χ1v) is 6.86. The molecule has 2 heterocycles. The van der Waals surface area contributed by atoms with Gasteiger partial charge in [0.05, 0.1) is 45.4 Å². The van der Waals surface area contributed by atoms with Crippen molar-refractivity contribution < 1.29 is 0 Å². The first kappa shape index (κ1) is 11.1. The van der Waals surface area contributed by atoms with E-state index in [-0.39, 0.29) is 0 Å². The summed E-state index contributed by atoms with van der Waals surface area (Å²) in [6.45, 7) is 0. The summed E-state index contributed by atoms with van der Waals surface area (Å²) >= 11 is 3.05. The van der Waals surface area contributed by atoms with Crippen molar-refractivity contribution in [3.8, 4) is 12.1 Å². The number of aromatic nitrogens is 2. The topological polar surface area (TPSA) is 73.4 Å². The molecule has 3 aromatic rings. The lowest BCUT2D eigenvalue weighted by Gasteiger charge is -1.86. The van der Waals surface area contributed by atoms with Crippen molar-refractivity contribution in [3.05, 3.63) is 22.1 Å². The van der Waals surface area contributed by atoms with Gasteiger partial charge in [-0.25, -0.2) is 9.97 Å². The molecule has 4 nitrogen and oxygen atoms in total. The first-order chi connectivity index (χ1) is 8.80. The first-order valence-electron chi connectivity index (χ1n) is 5.23. The van der Waals surface area contributed by atoms with E-state index in [1.165, 1.54) is 22.7 Å². The van der Waals surface area contributed by atoms with Gasteiger partial charge in [-0.3, -0.25) is 0 Å². The summed E-state index contributed by atoms with van der Waals surface area (Å²) in [5, 5.41) is 19.0. The molecule has 0 fully saturated rings. The van der Waals surface area contributed by atoms with Gasteiger partial charge in [0.1, 0.15) is 10.0 Å². The van der Waals surface area contributed by atoms with Gasteiger partial charge in [0, 0.05) is 0 Å². The highest BCUT2D eigenvalue weighted by atomic mass is 32.1. The van der Waals surface area contributed by atoms with E-state index >= 15 is 0 Å². The lowest BCUT2D eigenvalue weighted by molar-refractivity contribution is 1.21. The highest BCUT2D eigenvalue weighted by Gasteiger charge is 2.09. The Morgan fingerprint density at radius 2 is 1.33 bits per heavy atom. The Hall–Kier alpha value is -2.02. The van der Waals surface area contributed by atoms with E-state index in [0.717, 1.165) is 30.4 Å². The minimum Gasteiger partial charge on any atom is -0.240 e. The molecule has 0 atom stereocenters. The van der Waals surface area contributed by atoms with Gasteiger partial charge in [0.15, 0.2) is 0 Å². The quantitative estimate of drug-likeness (QED) is 0.717. The molecule has 1 aromatic carbocycles. The van der Waals surface area contributed by atoms with E-state index < -0.39 is 0 Å². The second-order valence-electron chi connectivity index (χ2n) is 3.67. The largest absolute Gasteiger partial charge is 0.240 e. The zero-order valence-corrected chi connectivity index (χ0v) is 10.8. The van der Waals surface area contributed by atoms with Crippen LogP contribution in [0, 0.1) is 22.7 Å². The molecule has 0 saturated heterocycles. The minimum atomic E-state index is 0.347. The third-order valence-electron chi connectivity index (χ3n) is 2.45. The molecule has 2 aromatic heterocycles. The van der Waals surface area contributed by atoms with Crippen molar-refractivity contribution in [1.82, 2.24) is 9.97 Å². The van der Waals surface area contributed by atoms with E-state index in [1.54, 1.807) is 0 Å². The Bertz CT molecular complexity index is 699. The van der Waals surface area contributed by atoms with Crippen LogP contribution in [-0.2, 0) is 12.8 Å². The number of fused-ring (bicyclic) bond motifs is 2. The maximum absolute atomic E-state index is 8.67. The van der Waals surface area contributed by atoms with E-state index in [0.29, 0.717) is 12.8 Å². The zero-order chi connectivity index (χ0) is 12.5. The molecule has 0 unspecified atom stereocenters. The molecule has 0 radical (unpaired) electrons. The third-order valence-corrected chi connectivity index (χ3v) is 4.48. The van der Waals surface area contributed by atoms with Crippen molar-refractivity contribution in [3.63, 3.8) is 0 Å². The summed E-state index contributed by atoms with van der Waals surface area (Å²) in [5.41, 5.74) is 1.81. The monoisotopic (exact) mass is 270 g/mol. The average Bonchev–Trinajstić information content (AvgIpc) is 2.88. The second kappa shape index (κ2) is 4.34. The van der Waals surface area contributed by atoms with Crippen molar-refractivity contribution >= 4 is 43.1 Å². The van der Waals surface area contributed by atoms with E-state index in [1.807, 2.05) is 12.1 Å². The fraction of sp³-hybridized carbons (Fsp3) is 0.167. The van der Waals surface area contributed by atoms with Crippen LogP contribution in [-0.4, -0.2) is 9.97 Å². The molecule has 0 aliphatic rings. The summed E-state index contributed by atoms with van der Waals surface area (Å²) in [6.07, 6.45) is 0.695. The maximum Gasteiger partial charge on any atom is 0.108 e. The molecular weight excluding hydrogens is 264 g/mol. The molecule has 0 N–H and O–H groups in total. The predicted molar refractivity (Wildman–Crippen MR) is 71.4 cm³/mol. The van der Waals surface area contributed by atoms with Gasteiger partial charge in [-0.2, -0.15) is 10.5 Å². The highest BCUT2D eigenvalue weighted by Crippen LogP contribution is 2.30. The van der Waals surface area contributed by atoms with Gasteiger partial charge in [-0.15, -0.1) is 22.7 Å². The Balaban J connectivity index is 2.16. The van der Waals surface area contributed by atoms with Crippen LogP contribution >= 0.6 is 22.7 Å². The second-order valence-corrected chi connectivity index (χ2v) is 5.90. The lowest BCUT2D eigenvalue weighted by atomic mass is 10.3. The highest BCUT2D eigenvalue weighted by molar-refractivity contribution is 7.20. The Kier molecular flexibility index (Phi) is 2.67. The third kappa shape index (κ3) is 1.82. The standard InChI is InChI=1S/C12H6N4S2/c13-3-1-11-15-7-5-10-8(6-9(7)17-11)16-12(18-10)2-4-14/h5-6H,1-2H2. The SMILES string of the molecule is N#CCc1nc2cc3sc(CC#N)nc3cc2s1. The molecule has 6 heteroatoms. The van der Waals surface area contributed by atoms with Gasteiger partial charge in [-0.1, -0.05) is 0 Å². The van der Waals surface area contributed by atoms with Crippen LogP contribution in [0.2, 0.25) is 0 Å². The number of hydrogen-bond acceptors (Lipinski definition) is 6. The van der Waals surface area contributed by atoms with Gasteiger partial charge in [0.25, 0.3) is 0 Å². The molecule has 0 bridgehead atoms. The van der Waals surface area contributed by atoms with Crippen LogP contribution in [0.1, 0.15) is 10.0 Å². The van der Waals surface area contributed by atoms with Crippen LogP contribution in [0.3, 0.4) is 0 Å². The smallest absolute Gasteiger partial charge is 0.108 e. The van der Waals surface area contributed by atoms with E-state index in [9.17, 15) is 0 Å². The van der Waals surface area contributed by atoms with Crippen LogP contribution in [0.4, 0.5) is 0 Å². The molecule has 0 amide bonds. The molecule has 0 aliphatic heterocycles. The number of benzene rings is 1. The molecule has 0 spiro atoms. The minimum absolute atomic E-state index is 0.347. The van der Waals surface area contributed by atoms with Gasteiger partial charge in [0.2, 0.25) is 0 Å². The number of nitriles is 2. The van der Waals surface area contributed by atoms with Crippen LogP contribution in [0.5, 0.6) is 0 Å². The lowest BCUT2D eigenvalue weighted by Crippen LogP contribution is -1.76. The Morgan fingerprint density at radius 3 is 1.72 bits per heavy atom. The van der Waals surface area contributed by atoms with Crippen LogP contribution in [0.15, 0.2) is 12.1 Å². The summed E-state index contributed by atoms with van der Waals surface area (Å²) < 4.78 is 2.09. The zero-order valence-electron chi connectivity index (χ0n) is 9.17. The summed E-state index contributed by atoms with van der Waals surface area (Å²) in [4.78, 5) is 8.84. The number of thiazole rings is 2. The van der Waals surface area contributed by atoms with Crippen molar-refractivity contribution in [2.75, 3.05) is 0 Å². The maximum atomic E-state index is 8.67. The number of hydrogen-bond donors (Lipinski definition) is 0. The molecule has 0 saturated carbocycles. The predicted octanol–water partition coefficient (Wildman–Crippen LogP) is 3.04. The molecule has 3 rings (SSSR count). The van der Waals surface area contributed by atoms with Crippen LogP contribution < -0.4 is 0 Å². The van der Waals surface area contributed by atoms with E-state index in [4.69, 9.17) is 10.5 Å². The molecule has 18 heavy (non-hydrogen) atoms. The van der Waals surface area contributed by atoms with Gasteiger partial charge >= 0.3 is 0 Å². The Morgan fingerprint density at radius 1 is 0.889 bits per heavy atom. The van der Waals surface area contributed by atoms with Gasteiger partial charge < -0.3 is 0 Å². The summed E-state index contributed by atoms with van der Waals surface area (Å²) in [5.74, 6) is 0. The van der Waals surface area contributed by atoms with Crippen LogP contribution in [0.25, 0.3) is 20.4 Å². The van der Waals surface area contributed by atoms with E-state index in [2.05, 4.69) is 22.1 Å². The average molecular weight is 270 g/mol. The van der Waals surface area contributed by atoms with Crippen molar-refractivity contribution in [1.29, 1.82) is 10.5 Å². The fourth-order valence-corrected chi connectivity index (χ4v) is 3.56. The van der Waals surface area contributed by atoms with Gasteiger partial charge in [-0.05, 0) is 12.1 Å². The summed E-state index contributed by atoms with van der Waals surface area (Å²) in [6, 6.07) is 8.18. The number of rotatable bonds is 2.